The normalized spacial score (nSPS) is 49.6. The third-order valence-corrected chi connectivity index (χ3v) is 11.1. The average Bonchev–Trinajstić information content (AvgIpc) is 3.21. The van der Waals surface area contributed by atoms with Gasteiger partial charge in [-0.1, -0.05) is 0 Å². The molecule has 5 rings (SSSR count). The van der Waals surface area contributed by atoms with E-state index in [-0.39, 0.29) is 0 Å². The van der Waals surface area contributed by atoms with Crippen molar-refractivity contribution in [3.8, 4) is 0 Å². The highest BCUT2D eigenvalue weighted by Gasteiger charge is 2.57. The summed E-state index contributed by atoms with van der Waals surface area (Å²) in [7, 11) is 0. The van der Waals surface area contributed by atoms with Crippen molar-refractivity contribution >= 4 is 11.8 Å². The number of carbonyl (C=O) groups is 2. The molecule has 1 unspecified atom stereocenters. The van der Waals surface area contributed by atoms with Crippen LogP contribution in [0.2, 0.25) is 0 Å². The number of hydrogen-bond donors (Lipinski definition) is 16. The van der Waals surface area contributed by atoms with Crippen LogP contribution in [-0.2, 0) is 52.2 Å². The molecular formula is C34H58N2O25. The Kier molecular flexibility index (Phi) is 17.5. The monoisotopic (exact) mass is 894 g/mol. The molecule has 16 N–H and O–H groups in total. The maximum atomic E-state index is 12.7. The number of aliphatic hydroxyl groups is 14. The van der Waals surface area contributed by atoms with Crippen LogP contribution < -0.4 is 10.6 Å². The molecule has 61 heavy (non-hydrogen) atoms. The fraction of sp³-hybridized carbons (Fsp3) is 0.941. The van der Waals surface area contributed by atoms with E-state index < -0.39 is 192 Å². The summed E-state index contributed by atoms with van der Waals surface area (Å²) in [6.07, 6.45) is -41.4. The Morgan fingerprint density at radius 1 is 0.426 bits per heavy atom. The lowest BCUT2D eigenvalue weighted by atomic mass is 9.94. The summed E-state index contributed by atoms with van der Waals surface area (Å²) in [6, 6.07) is -3.24. The standard InChI is InChI=1S/C34H58N2O25/c1-8-17(43)22(48)24(50)32(53-8)61-29-23(49)18(44)11(4-37)57-34(29)59-27-16(36-10(3)42)31(55-12(5-38)19(27)45)60-28-20(46)13(6-39)56-33(25(28)51)58-26-14(7-40)54-30(52)15(21(26)47)35-9(2)41/h8,11-34,37-40,43-52H,4-7H2,1-3H3,(H,35,41)(H,36,42)/t8-,11+,12+,13+,14+,15+,16+,17+,18-,19+,20-,21+,22+,23-,24-,25+,26-,27+,28-,29+,30?,31-,32-,33-,34-/m0/s1. The molecule has 5 saturated heterocycles. The number of nitrogens with one attached hydrogen (secondary N) is 2. The number of rotatable bonds is 14. The van der Waals surface area contributed by atoms with Crippen molar-refractivity contribution < 1.29 is 124 Å². The molecule has 2 amide bonds. The highest BCUT2D eigenvalue weighted by Crippen LogP contribution is 2.36. The topological polar surface area (TPSA) is 424 Å². The van der Waals surface area contributed by atoms with Gasteiger partial charge in [0, 0.05) is 13.8 Å². The first-order valence-corrected chi connectivity index (χ1v) is 19.5. The third-order valence-electron chi connectivity index (χ3n) is 11.1. The van der Waals surface area contributed by atoms with Crippen molar-refractivity contribution in [3.05, 3.63) is 0 Å². The lowest BCUT2D eigenvalue weighted by Gasteiger charge is -2.51. The van der Waals surface area contributed by atoms with Gasteiger partial charge in [0.1, 0.15) is 116 Å². The molecule has 0 spiro atoms. The number of amides is 2. The van der Waals surface area contributed by atoms with Crippen LogP contribution in [0.5, 0.6) is 0 Å². The zero-order valence-electron chi connectivity index (χ0n) is 33.0. The SMILES string of the molecule is CC(=O)N[C@H]1[C@H](O[C@H]2[C@@H](O)[C@@H](CO)O[C@@H](O[C@@H]3[C@H](O)[C@@H](NC(C)=O)C(O)O[C@@H]3CO)[C@@H]2O)O[C@H](CO)[C@@H](O)[C@@H]1O[C@@H]1O[C@H](CO)[C@H](O)[C@H](O)[C@H]1O[C@@H]1O[C@@H](C)[C@@H](O)[C@@H](O)[C@@H]1O. The Labute approximate surface area is 346 Å². The zero-order valence-corrected chi connectivity index (χ0v) is 33.0. The second-order valence-corrected chi connectivity index (χ2v) is 15.4. The molecule has 27 heteroatoms. The molecule has 0 aromatic carbocycles. The summed E-state index contributed by atoms with van der Waals surface area (Å²) < 4.78 is 51.4. The minimum atomic E-state index is -2.12. The molecule has 5 aliphatic rings. The Hall–Kier alpha value is -1.98. The first-order chi connectivity index (χ1) is 28.8. The average molecular weight is 895 g/mol. The van der Waals surface area contributed by atoms with Crippen molar-refractivity contribution in [1.82, 2.24) is 10.6 Å². The van der Waals surface area contributed by atoms with Crippen molar-refractivity contribution in [3.63, 3.8) is 0 Å². The molecule has 0 aromatic rings. The van der Waals surface area contributed by atoms with E-state index in [1.807, 2.05) is 0 Å². The van der Waals surface area contributed by atoms with Gasteiger partial charge >= 0.3 is 0 Å². The van der Waals surface area contributed by atoms with Gasteiger partial charge in [-0.2, -0.15) is 0 Å². The van der Waals surface area contributed by atoms with Gasteiger partial charge in [0.2, 0.25) is 11.8 Å². The molecule has 5 fully saturated rings. The second kappa shape index (κ2) is 21.3. The van der Waals surface area contributed by atoms with Crippen LogP contribution in [0.15, 0.2) is 0 Å². The second-order valence-electron chi connectivity index (χ2n) is 15.4. The van der Waals surface area contributed by atoms with Crippen LogP contribution in [0.25, 0.3) is 0 Å². The van der Waals surface area contributed by atoms with Gasteiger partial charge in [0.15, 0.2) is 31.5 Å². The molecule has 0 saturated carbocycles. The lowest BCUT2D eigenvalue weighted by molar-refractivity contribution is -0.389. The van der Waals surface area contributed by atoms with Crippen molar-refractivity contribution in [1.29, 1.82) is 0 Å². The summed E-state index contributed by atoms with van der Waals surface area (Å²) in [5.74, 6) is -1.52. The van der Waals surface area contributed by atoms with Gasteiger partial charge in [0.25, 0.3) is 0 Å². The molecule has 27 nitrogen and oxygen atoms in total. The van der Waals surface area contributed by atoms with Crippen LogP contribution in [0.4, 0.5) is 0 Å². The first kappa shape index (κ1) is 50.0. The quantitative estimate of drug-likeness (QED) is 0.0770. The largest absolute Gasteiger partial charge is 0.394 e. The van der Waals surface area contributed by atoms with Crippen molar-refractivity contribution in [2.24, 2.45) is 0 Å². The van der Waals surface area contributed by atoms with Crippen LogP contribution in [-0.4, -0.2) is 263 Å². The molecule has 25 atom stereocenters. The van der Waals surface area contributed by atoms with Crippen LogP contribution in [0.3, 0.4) is 0 Å². The summed E-state index contributed by atoms with van der Waals surface area (Å²) in [5, 5.41) is 154. The Bertz CT molecular complexity index is 1420. The van der Waals surface area contributed by atoms with Gasteiger partial charge in [0.05, 0.1) is 32.5 Å². The third kappa shape index (κ3) is 10.8. The molecule has 0 bridgehead atoms. The van der Waals surface area contributed by atoms with Crippen LogP contribution in [0.1, 0.15) is 20.8 Å². The van der Waals surface area contributed by atoms with Crippen LogP contribution >= 0.6 is 0 Å². The van der Waals surface area contributed by atoms with E-state index in [2.05, 4.69) is 10.6 Å². The van der Waals surface area contributed by atoms with E-state index in [0.717, 1.165) is 13.8 Å². The number of hydrogen-bond acceptors (Lipinski definition) is 25. The van der Waals surface area contributed by atoms with Gasteiger partial charge < -0.3 is 125 Å². The minimum Gasteiger partial charge on any atom is -0.394 e. The zero-order chi connectivity index (χ0) is 45.2. The van der Waals surface area contributed by atoms with E-state index in [4.69, 9.17) is 42.6 Å². The summed E-state index contributed by atoms with van der Waals surface area (Å²) in [4.78, 5) is 24.4. The van der Waals surface area contributed by atoms with E-state index >= 15 is 0 Å². The molecule has 5 heterocycles. The molecule has 0 aliphatic carbocycles. The molecule has 0 radical (unpaired) electrons. The summed E-state index contributed by atoms with van der Waals surface area (Å²) in [6.45, 7) is -0.281. The van der Waals surface area contributed by atoms with Crippen LogP contribution in [0, 0.1) is 0 Å². The maximum Gasteiger partial charge on any atom is 0.217 e. The smallest absolute Gasteiger partial charge is 0.217 e. The molecule has 0 aromatic heterocycles. The minimum absolute atomic E-state index is 0.694. The van der Waals surface area contributed by atoms with E-state index in [1.165, 1.54) is 6.92 Å². The molecular weight excluding hydrogens is 836 g/mol. The fourth-order valence-electron chi connectivity index (χ4n) is 7.76. The molecule has 354 valence electrons. The number of carbonyl (C=O) groups excluding carboxylic acids is 2. The lowest BCUT2D eigenvalue weighted by Crippen LogP contribution is -2.70. The van der Waals surface area contributed by atoms with E-state index in [0.29, 0.717) is 0 Å². The summed E-state index contributed by atoms with van der Waals surface area (Å²) >= 11 is 0. The highest BCUT2D eigenvalue weighted by molar-refractivity contribution is 5.73. The Balaban J connectivity index is 1.44. The van der Waals surface area contributed by atoms with Crippen molar-refractivity contribution in [2.75, 3.05) is 26.4 Å². The van der Waals surface area contributed by atoms with Gasteiger partial charge in [-0.15, -0.1) is 0 Å². The highest BCUT2D eigenvalue weighted by atomic mass is 16.8. The van der Waals surface area contributed by atoms with E-state index in [1.54, 1.807) is 0 Å². The maximum absolute atomic E-state index is 12.7. The predicted octanol–water partition coefficient (Wildman–Crippen LogP) is -10.6. The van der Waals surface area contributed by atoms with Gasteiger partial charge in [-0.25, -0.2) is 0 Å². The predicted molar refractivity (Wildman–Crippen MR) is 188 cm³/mol. The Morgan fingerprint density at radius 2 is 0.885 bits per heavy atom. The summed E-state index contributed by atoms with van der Waals surface area (Å²) in [5.41, 5.74) is 0. The number of ether oxygens (including phenoxy) is 9. The molecule has 5 aliphatic heterocycles. The van der Waals surface area contributed by atoms with Crippen molar-refractivity contribution in [2.45, 2.75) is 174 Å². The first-order valence-electron chi connectivity index (χ1n) is 19.5. The van der Waals surface area contributed by atoms with Gasteiger partial charge in [-0.05, 0) is 6.92 Å². The van der Waals surface area contributed by atoms with Gasteiger partial charge in [-0.3, -0.25) is 9.59 Å². The number of aliphatic hydroxyl groups excluding tert-OH is 14. The Morgan fingerprint density at radius 3 is 1.46 bits per heavy atom. The van der Waals surface area contributed by atoms with E-state index in [9.17, 15) is 81.1 Å². The fourth-order valence-corrected chi connectivity index (χ4v) is 7.76.